The Labute approximate surface area is 124 Å². The summed E-state index contributed by atoms with van der Waals surface area (Å²) >= 11 is 0. The fraction of sp³-hybridized carbons (Fsp3) is 0.500. The molecule has 1 unspecified atom stereocenters. The van der Waals surface area contributed by atoms with Crippen LogP contribution in [0, 0.1) is 5.92 Å². The molecule has 0 amide bonds. The number of esters is 2. The lowest BCUT2D eigenvalue weighted by Crippen LogP contribution is -2.45. The van der Waals surface area contributed by atoms with Crippen LogP contribution in [0.2, 0.25) is 0 Å². The molecule has 0 saturated carbocycles. The van der Waals surface area contributed by atoms with E-state index in [1.807, 2.05) is 36.2 Å². The van der Waals surface area contributed by atoms with Gasteiger partial charge in [-0.05, 0) is 31.9 Å². The maximum Gasteiger partial charge on any atom is 0.322 e. The number of rotatable bonds is 5. The molecular formula is C16H21NO4. The molecule has 0 fully saturated rings. The third kappa shape index (κ3) is 3.01. The van der Waals surface area contributed by atoms with Crippen LogP contribution in [0.15, 0.2) is 24.3 Å². The van der Waals surface area contributed by atoms with Gasteiger partial charge in [0.1, 0.15) is 0 Å². The lowest BCUT2D eigenvalue weighted by Gasteiger charge is -2.27. The van der Waals surface area contributed by atoms with Crippen molar-refractivity contribution in [3.8, 4) is 0 Å². The van der Waals surface area contributed by atoms with E-state index < -0.39 is 17.9 Å². The monoisotopic (exact) mass is 291 g/mol. The van der Waals surface area contributed by atoms with Crippen LogP contribution in [0.1, 0.15) is 19.4 Å². The van der Waals surface area contributed by atoms with Gasteiger partial charge >= 0.3 is 11.9 Å². The van der Waals surface area contributed by atoms with Crippen molar-refractivity contribution in [2.24, 2.45) is 5.92 Å². The lowest BCUT2D eigenvalue weighted by molar-refractivity contribution is -0.162. The number of benzene rings is 1. The van der Waals surface area contributed by atoms with Crippen LogP contribution in [0.5, 0.6) is 0 Å². The van der Waals surface area contributed by atoms with E-state index in [9.17, 15) is 9.59 Å². The van der Waals surface area contributed by atoms with E-state index in [1.165, 1.54) is 0 Å². The predicted molar refractivity (Wildman–Crippen MR) is 79.1 cm³/mol. The molecule has 5 heteroatoms. The summed E-state index contributed by atoms with van der Waals surface area (Å²) in [5, 5.41) is 0. The first kappa shape index (κ1) is 15.4. The number of fused-ring (bicyclic) bond motifs is 1. The minimum absolute atomic E-state index is 0.248. The third-order valence-electron chi connectivity index (χ3n) is 3.76. The Kier molecular flexibility index (Phi) is 4.83. The molecule has 21 heavy (non-hydrogen) atoms. The maximum atomic E-state index is 12.2. The standard InChI is InChI=1S/C16H21NO4/c1-4-20-15(18)14(16(19)21-5-2)13-10-11-8-6-7-9-12(11)17(13)3/h6-9,13-14H,4-5,10H2,1-3H3. The van der Waals surface area contributed by atoms with Crippen LogP contribution in [-0.2, 0) is 25.5 Å². The van der Waals surface area contributed by atoms with E-state index in [4.69, 9.17) is 9.47 Å². The molecule has 1 aliphatic heterocycles. The molecule has 1 aromatic rings. The smallest absolute Gasteiger partial charge is 0.322 e. The highest BCUT2D eigenvalue weighted by Gasteiger charge is 2.43. The highest BCUT2D eigenvalue weighted by atomic mass is 16.6. The molecule has 0 aromatic heterocycles. The van der Waals surface area contributed by atoms with Crippen LogP contribution >= 0.6 is 0 Å². The molecule has 114 valence electrons. The Balaban J connectivity index is 2.26. The van der Waals surface area contributed by atoms with Gasteiger partial charge in [0.15, 0.2) is 5.92 Å². The first-order valence-corrected chi connectivity index (χ1v) is 7.24. The number of nitrogens with zero attached hydrogens (tertiary/aromatic N) is 1. The average Bonchev–Trinajstić information content (AvgIpc) is 2.78. The number of carbonyl (C=O) groups is 2. The number of hydrogen-bond acceptors (Lipinski definition) is 5. The van der Waals surface area contributed by atoms with Crippen molar-refractivity contribution in [1.29, 1.82) is 0 Å². The van der Waals surface area contributed by atoms with Crippen molar-refractivity contribution < 1.29 is 19.1 Å². The van der Waals surface area contributed by atoms with Crippen LogP contribution in [-0.4, -0.2) is 38.2 Å². The van der Waals surface area contributed by atoms with Crippen molar-refractivity contribution in [3.63, 3.8) is 0 Å². The second kappa shape index (κ2) is 6.61. The zero-order valence-corrected chi connectivity index (χ0v) is 12.7. The van der Waals surface area contributed by atoms with Gasteiger partial charge in [-0.25, -0.2) is 0 Å². The maximum absolute atomic E-state index is 12.2. The summed E-state index contributed by atoms with van der Waals surface area (Å²) in [7, 11) is 1.89. The van der Waals surface area contributed by atoms with Crippen LogP contribution in [0.25, 0.3) is 0 Å². The predicted octanol–water partition coefficient (Wildman–Crippen LogP) is 1.79. The van der Waals surface area contributed by atoms with Gasteiger partial charge in [-0.3, -0.25) is 9.59 Å². The summed E-state index contributed by atoms with van der Waals surface area (Å²) in [6.45, 7) is 3.96. The van der Waals surface area contributed by atoms with Crippen molar-refractivity contribution in [2.45, 2.75) is 26.3 Å². The number of para-hydroxylation sites is 1. The molecule has 2 rings (SSSR count). The van der Waals surface area contributed by atoms with Gasteiger partial charge in [0.05, 0.1) is 19.3 Å². The summed E-state index contributed by atoms with van der Waals surface area (Å²) in [5.74, 6) is -1.94. The van der Waals surface area contributed by atoms with Crippen molar-refractivity contribution >= 4 is 17.6 Å². The molecule has 0 spiro atoms. The Morgan fingerprint density at radius 1 is 1.19 bits per heavy atom. The molecule has 1 aromatic carbocycles. The molecule has 1 heterocycles. The second-order valence-electron chi connectivity index (χ2n) is 4.99. The lowest BCUT2D eigenvalue weighted by atomic mass is 9.96. The molecule has 0 N–H and O–H groups in total. The van der Waals surface area contributed by atoms with Crippen LogP contribution < -0.4 is 4.90 Å². The Hall–Kier alpha value is -2.04. The van der Waals surface area contributed by atoms with E-state index in [0.29, 0.717) is 6.42 Å². The first-order valence-electron chi connectivity index (χ1n) is 7.24. The van der Waals surface area contributed by atoms with E-state index in [1.54, 1.807) is 13.8 Å². The largest absolute Gasteiger partial charge is 0.465 e. The molecular weight excluding hydrogens is 270 g/mol. The summed E-state index contributed by atoms with van der Waals surface area (Å²) in [5.41, 5.74) is 2.17. The topological polar surface area (TPSA) is 55.8 Å². The highest BCUT2D eigenvalue weighted by Crippen LogP contribution is 2.34. The minimum atomic E-state index is -0.915. The van der Waals surface area contributed by atoms with Gasteiger partial charge in [0, 0.05) is 12.7 Å². The summed E-state index contributed by atoms with van der Waals surface area (Å²) in [4.78, 5) is 26.4. The van der Waals surface area contributed by atoms with Gasteiger partial charge in [0.25, 0.3) is 0 Å². The van der Waals surface area contributed by atoms with Crippen molar-refractivity contribution in [3.05, 3.63) is 29.8 Å². The van der Waals surface area contributed by atoms with Gasteiger partial charge in [0.2, 0.25) is 0 Å². The van der Waals surface area contributed by atoms with Gasteiger partial charge in [-0.15, -0.1) is 0 Å². The van der Waals surface area contributed by atoms with Crippen molar-refractivity contribution in [1.82, 2.24) is 0 Å². The molecule has 0 radical (unpaired) electrons. The van der Waals surface area contributed by atoms with E-state index in [-0.39, 0.29) is 19.3 Å². The fourth-order valence-electron chi connectivity index (χ4n) is 2.78. The van der Waals surface area contributed by atoms with Gasteiger partial charge in [-0.2, -0.15) is 0 Å². The quantitative estimate of drug-likeness (QED) is 0.611. The fourth-order valence-corrected chi connectivity index (χ4v) is 2.78. The number of likely N-dealkylation sites (N-methyl/N-ethyl adjacent to an activating group) is 1. The number of anilines is 1. The summed E-state index contributed by atoms with van der Waals surface area (Å²) in [6, 6.07) is 7.64. The highest BCUT2D eigenvalue weighted by molar-refractivity contribution is 5.96. The first-order chi connectivity index (χ1) is 10.1. The van der Waals surface area contributed by atoms with Gasteiger partial charge in [-0.1, -0.05) is 18.2 Å². The number of carbonyl (C=O) groups excluding carboxylic acids is 2. The second-order valence-corrected chi connectivity index (χ2v) is 4.99. The van der Waals surface area contributed by atoms with Crippen LogP contribution in [0.4, 0.5) is 5.69 Å². The Morgan fingerprint density at radius 3 is 2.29 bits per heavy atom. The normalized spacial score (nSPS) is 16.8. The molecule has 1 aliphatic rings. The molecule has 0 aliphatic carbocycles. The van der Waals surface area contributed by atoms with Gasteiger partial charge < -0.3 is 14.4 Å². The molecule has 0 bridgehead atoms. The van der Waals surface area contributed by atoms with E-state index in [0.717, 1.165) is 11.3 Å². The minimum Gasteiger partial charge on any atom is -0.465 e. The SMILES string of the molecule is CCOC(=O)C(C(=O)OCC)C1Cc2ccccc2N1C. The molecule has 5 nitrogen and oxygen atoms in total. The summed E-state index contributed by atoms with van der Waals surface area (Å²) in [6.07, 6.45) is 0.634. The van der Waals surface area contributed by atoms with Crippen molar-refractivity contribution in [2.75, 3.05) is 25.2 Å². The molecule has 1 atom stereocenters. The van der Waals surface area contributed by atoms with Crippen LogP contribution in [0.3, 0.4) is 0 Å². The molecule has 0 saturated heterocycles. The zero-order chi connectivity index (χ0) is 15.4. The summed E-state index contributed by atoms with van der Waals surface area (Å²) < 4.78 is 10.1. The van der Waals surface area contributed by atoms with E-state index in [2.05, 4.69) is 0 Å². The average molecular weight is 291 g/mol. The Bertz CT molecular complexity index is 511. The number of ether oxygens (including phenoxy) is 2. The third-order valence-corrected chi connectivity index (χ3v) is 3.76. The van der Waals surface area contributed by atoms with E-state index >= 15 is 0 Å². The zero-order valence-electron chi connectivity index (χ0n) is 12.7. The number of hydrogen-bond donors (Lipinski definition) is 0. The Morgan fingerprint density at radius 2 is 1.76 bits per heavy atom.